The molecule has 0 spiro atoms. The highest BCUT2D eigenvalue weighted by Crippen LogP contribution is 2.67. The Morgan fingerprint density at radius 1 is 0.913 bits per heavy atom. The van der Waals surface area contributed by atoms with Crippen molar-refractivity contribution in [3.63, 3.8) is 0 Å². The summed E-state index contributed by atoms with van der Waals surface area (Å²) in [6.45, 7) is 5.25. The fraction of sp³-hybridized carbons (Fsp3) is 1.00. The zero-order valence-corrected chi connectivity index (χ0v) is 16.7. The highest BCUT2D eigenvalue weighted by molar-refractivity contribution is 9.09. The van der Waals surface area contributed by atoms with Gasteiger partial charge in [-0.3, -0.25) is 0 Å². The molecular formula is C21H35BrO. The van der Waals surface area contributed by atoms with Gasteiger partial charge in [0, 0.05) is 5.33 Å². The second-order valence-electron chi connectivity index (χ2n) is 9.88. The van der Waals surface area contributed by atoms with E-state index in [0.29, 0.717) is 10.8 Å². The predicted molar refractivity (Wildman–Crippen MR) is 99.6 cm³/mol. The van der Waals surface area contributed by atoms with E-state index in [1.165, 1.54) is 56.7 Å². The van der Waals surface area contributed by atoms with Crippen molar-refractivity contribution in [1.82, 2.24) is 0 Å². The van der Waals surface area contributed by atoms with Crippen LogP contribution < -0.4 is 0 Å². The van der Waals surface area contributed by atoms with Crippen LogP contribution in [0.2, 0.25) is 0 Å². The van der Waals surface area contributed by atoms with Crippen molar-refractivity contribution in [2.24, 2.45) is 40.4 Å². The van der Waals surface area contributed by atoms with Crippen molar-refractivity contribution in [2.45, 2.75) is 84.2 Å². The van der Waals surface area contributed by atoms with Gasteiger partial charge in [0.1, 0.15) is 0 Å². The Morgan fingerprint density at radius 3 is 2.43 bits per heavy atom. The minimum absolute atomic E-state index is 0.00623. The Balaban J connectivity index is 1.58. The van der Waals surface area contributed by atoms with Crippen LogP contribution >= 0.6 is 15.9 Å². The summed E-state index contributed by atoms with van der Waals surface area (Å²) in [6.07, 6.45) is 13.6. The van der Waals surface area contributed by atoms with Crippen LogP contribution in [0.15, 0.2) is 0 Å². The molecule has 23 heavy (non-hydrogen) atoms. The molecule has 0 amide bonds. The summed E-state index contributed by atoms with van der Waals surface area (Å²) in [6, 6.07) is 0. The van der Waals surface area contributed by atoms with Crippen LogP contribution in [0.25, 0.3) is 0 Å². The lowest BCUT2D eigenvalue weighted by Crippen LogP contribution is -2.53. The molecule has 0 radical (unpaired) electrons. The quantitative estimate of drug-likeness (QED) is 0.598. The maximum absolute atomic E-state index is 10.1. The molecular weight excluding hydrogens is 348 g/mol. The van der Waals surface area contributed by atoms with Crippen LogP contribution in [0.5, 0.6) is 0 Å². The Kier molecular flexibility index (Phi) is 4.41. The number of rotatable bonds is 2. The van der Waals surface area contributed by atoms with Crippen LogP contribution in [0.3, 0.4) is 0 Å². The Bertz CT molecular complexity index is 451. The highest BCUT2D eigenvalue weighted by atomic mass is 79.9. The largest absolute Gasteiger partial charge is 0.393 e. The molecule has 4 fully saturated rings. The second-order valence-corrected chi connectivity index (χ2v) is 10.7. The number of fused-ring (bicyclic) bond motifs is 5. The molecule has 7 unspecified atom stereocenters. The van der Waals surface area contributed by atoms with Crippen LogP contribution in [-0.4, -0.2) is 16.5 Å². The molecule has 4 aliphatic rings. The maximum atomic E-state index is 10.1. The average molecular weight is 383 g/mol. The van der Waals surface area contributed by atoms with Crippen molar-refractivity contribution >= 4 is 15.9 Å². The number of aliphatic hydroxyl groups is 1. The minimum atomic E-state index is -0.00623. The number of alkyl halides is 1. The molecule has 0 saturated heterocycles. The van der Waals surface area contributed by atoms with Gasteiger partial charge in [-0.1, -0.05) is 29.8 Å². The first-order valence-electron chi connectivity index (χ1n) is 10.2. The normalized spacial score (nSPS) is 55.8. The van der Waals surface area contributed by atoms with Gasteiger partial charge in [0.15, 0.2) is 0 Å². The summed E-state index contributed by atoms with van der Waals surface area (Å²) < 4.78 is 0. The third kappa shape index (κ3) is 2.48. The molecule has 132 valence electrons. The average Bonchev–Trinajstić information content (AvgIpc) is 2.85. The van der Waals surface area contributed by atoms with Crippen molar-refractivity contribution in [3.8, 4) is 0 Å². The molecule has 2 heteroatoms. The first kappa shape index (κ1) is 16.9. The van der Waals surface area contributed by atoms with Crippen molar-refractivity contribution in [3.05, 3.63) is 0 Å². The Morgan fingerprint density at radius 2 is 1.65 bits per heavy atom. The lowest BCUT2D eigenvalue weighted by Gasteiger charge is -2.61. The zero-order valence-electron chi connectivity index (χ0n) is 15.1. The van der Waals surface area contributed by atoms with E-state index in [4.69, 9.17) is 0 Å². The third-order valence-corrected chi connectivity index (χ3v) is 9.75. The number of halogens is 1. The molecule has 4 rings (SSSR count). The standard InChI is InChI=1S/C21H35BrO/c1-20-11-8-19-17(18(20)6-4-14(20)9-12-22)5-3-15-13-16(23)7-10-21(15,19)2/h14-19,23H,3-13H2,1-2H3/t14?,15?,16-,17?,18?,19?,20?,21?/m1/s1. The SMILES string of the molecule is CC12CCC3C(CCC4C[C@H](O)CCC43C)C1CCC2CCBr. The van der Waals surface area contributed by atoms with E-state index >= 15 is 0 Å². The van der Waals surface area contributed by atoms with E-state index in [1.54, 1.807) is 0 Å². The van der Waals surface area contributed by atoms with Gasteiger partial charge >= 0.3 is 0 Å². The molecule has 1 N–H and O–H groups in total. The van der Waals surface area contributed by atoms with E-state index in [0.717, 1.165) is 42.4 Å². The summed E-state index contributed by atoms with van der Waals surface area (Å²) in [4.78, 5) is 0. The van der Waals surface area contributed by atoms with Crippen LogP contribution in [0.4, 0.5) is 0 Å². The first-order chi connectivity index (χ1) is 11.0. The summed E-state index contributed by atoms with van der Waals surface area (Å²) in [5.74, 6) is 4.71. The Hall–Kier alpha value is 0.440. The Labute approximate surface area is 151 Å². The van der Waals surface area contributed by atoms with Crippen LogP contribution in [0, 0.1) is 40.4 Å². The molecule has 1 nitrogen and oxygen atoms in total. The van der Waals surface area contributed by atoms with Gasteiger partial charge in [0.25, 0.3) is 0 Å². The van der Waals surface area contributed by atoms with E-state index in [-0.39, 0.29) is 6.10 Å². The first-order valence-corrected chi connectivity index (χ1v) is 11.3. The van der Waals surface area contributed by atoms with Crippen molar-refractivity contribution in [1.29, 1.82) is 0 Å². The van der Waals surface area contributed by atoms with E-state index in [2.05, 4.69) is 29.8 Å². The fourth-order valence-electron chi connectivity index (χ4n) is 7.95. The second kappa shape index (κ2) is 6.01. The topological polar surface area (TPSA) is 20.2 Å². The van der Waals surface area contributed by atoms with E-state index in [1.807, 2.05) is 0 Å². The van der Waals surface area contributed by atoms with E-state index in [9.17, 15) is 5.11 Å². The lowest BCUT2D eigenvalue weighted by atomic mass is 9.44. The maximum Gasteiger partial charge on any atom is 0.0543 e. The highest BCUT2D eigenvalue weighted by Gasteiger charge is 2.59. The van der Waals surface area contributed by atoms with Gasteiger partial charge in [-0.25, -0.2) is 0 Å². The van der Waals surface area contributed by atoms with Gasteiger partial charge in [0.2, 0.25) is 0 Å². The summed E-state index contributed by atoms with van der Waals surface area (Å²) in [5, 5.41) is 11.3. The molecule has 0 aromatic carbocycles. The molecule has 0 aromatic rings. The third-order valence-electron chi connectivity index (χ3n) is 9.29. The number of aliphatic hydroxyl groups excluding tert-OH is 1. The predicted octanol–water partition coefficient (Wildman–Crippen LogP) is 5.79. The molecule has 0 aliphatic heterocycles. The zero-order chi connectivity index (χ0) is 16.2. The van der Waals surface area contributed by atoms with Crippen molar-refractivity contribution < 1.29 is 5.11 Å². The molecule has 8 atom stereocenters. The number of hydrogen-bond donors (Lipinski definition) is 1. The molecule has 0 heterocycles. The van der Waals surface area contributed by atoms with Gasteiger partial charge in [-0.15, -0.1) is 0 Å². The lowest BCUT2D eigenvalue weighted by molar-refractivity contribution is -0.126. The summed E-state index contributed by atoms with van der Waals surface area (Å²) in [7, 11) is 0. The summed E-state index contributed by atoms with van der Waals surface area (Å²) in [5.41, 5.74) is 1.17. The molecule has 4 aliphatic carbocycles. The summed E-state index contributed by atoms with van der Waals surface area (Å²) >= 11 is 3.71. The minimum Gasteiger partial charge on any atom is -0.393 e. The smallest absolute Gasteiger partial charge is 0.0543 e. The fourth-order valence-corrected chi connectivity index (χ4v) is 8.50. The van der Waals surface area contributed by atoms with Crippen LogP contribution in [0.1, 0.15) is 78.1 Å². The van der Waals surface area contributed by atoms with E-state index < -0.39 is 0 Å². The van der Waals surface area contributed by atoms with Gasteiger partial charge in [0.05, 0.1) is 6.10 Å². The van der Waals surface area contributed by atoms with Gasteiger partial charge in [-0.05, 0) is 105 Å². The van der Waals surface area contributed by atoms with Crippen molar-refractivity contribution in [2.75, 3.05) is 5.33 Å². The number of hydrogen-bond acceptors (Lipinski definition) is 1. The molecule has 4 saturated carbocycles. The monoisotopic (exact) mass is 382 g/mol. The molecule has 0 aromatic heterocycles. The van der Waals surface area contributed by atoms with Crippen LogP contribution in [-0.2, 0) is 0 Å². The molecule has 0 bridgehead atoms. The van der Waals surface area contributed by atoms with Gasteiger partial charge in [-0.2, -0.15) is 0 Å². The van der Waals surface area contributed by atoms with Gasteiger partial charge < -0.3 is 5.11 Å².